The predicted octanol–water partition coefficient (Wildman–Crippen LogP) is 4.03. The average molecular weight is 366 g/mol. The second-order valence-corrected chi connectivity index (χ2v) is 6.56. The summed E-state index contributed by atoms with van der Waals surface area (Å²) in [4.78, 5) is 37.2. The summed E-state index contributed by atoms with van der Waals surface area (Å²) in [6.07, 6.45) is 0.247. The van der Waals surface area contributed by atoms with E-state index in [1.54, 1.807) is 30.3 Å². The lowest BCUT2D eigenvalue weighted by atomic mass is 9.97. The van der Waals surface area contributed by atoms with Gasteiger partial charge in [0.1, 0.15) is 6.10 Å². The van der Waals surface area contributed by atoms with E-state index in [-0.39, 0.29) is 31.0 Å². The fraction of sp³-hybridized carbons (Fsp3) is 0.318. The molecule has 1 aliphatic heterocycles. The second-order valence-electron chi connectivity index (χ2n) is 6.56. The molecule has 0 radical (unpaired) electrons. The highest BCUT2D eigenvalue weighted by Gasteiger charge is 2.30. The van der Waals surface area contributed by atoms with E-state index >= 15 is 0 Å². The van der Waals surface area contributed by atoms with Crippen molar-refractivity contribution in [1.82, 2.24) is 0 Å². The van der Waals surface area contributed by atoms with Gasteiger partial charge in [-0.05, 0) is 30.5 Å². The molecule has 0 N–H and O–H groups in total. The smallest absolute Gasteiger partial charge is 0.338 e. The van der Waals surface area contributed by atoms with E-state index in [9.17, 15) is 14.4 Å². The van der Waals surface area contributed by atoms with Crippen LogP contribution in [-0.2, 0) is 19.1 Å². The Morgan fingerprint density at radius 3 is 2.22 bits per heavy atom. The maximum atomic E-state index is 12.6. The van der Waals surface area contributed by atoms with Crippen LogP contribution >= 0.6 is 0 Å². The maximum Gasteiger partial charge on any atom is 0.338 e. The Balaban J connectivity index is 1.82. The number of esters is 2. The van der Waals surface area contributed by atoms with Crippen molar-refractivity contribution >= 4 is 17.7 Å². The molecule has 0 amide bonds. The van der Waals surface area contributed by atoms with Crippen molar-refractivity contribution in [2.75, 3.05) is 0 Å². The van der Waals surface area contributed by atoms with Gasteiger partial charge in [-0.2, -0.15) is 0 Å². The van der Waals surface area contributed by atoms with Crippen molar-refractivity contribution in [3.8, 4) is 0 Å². The Morgan fingerprint density at radius 1 is 0.889 bits per heavy atom. The Hall–Kier alpha value is -2.95. The van der Waals surface area contributed by atoms with Gasteiger partial charge in [-0.15, -0.1) is 0 Å². The summed E-state index contributed by atoms with van der Waals surface area (Å²) in [7, 11) is 0. The Bertz CT molecular complexity index is 785. The minimum Gasteiger partial charge on any atom is -0.457 e. The fourth-order valence-electron chi connectivity index (χ4n) is 3.08. The van der Waals surface area contributed by atoms with Crippen LogP contribution in [0.4, 0.5) is 0 Å². The third kappa shape index (κ3) is 5.26. The summed E-state index contributed by atoms with van der Waals surface area (Å²) >= 11 is 0. The standard InChI is InChI=1S/C22H22O5/c23-18-13-7-8-14-21(24)26-19(16-9-3-1-4-10-16)15-20(18)27-22(25)17-11-5-2-6-12-17/h1-6,9-12,19-20H,7-8,13-15H2/t19-,20-/m1/s1. The monoisotopic (exact) mass is 366 g/mol. The molecule has 0 saturated carbocycles. The first-order valence-corrected chi connectivity index (χ1v) is 9.16. The van der Waals surface area contributed by atoms with Crippen LogP contribution in [-0.4, -0.2) is 23.8 Å². The lowest BCUT2D eigenvalue weighted by molar-refractivity contribution is -0.153. The molecule has 2 aromatic carbocycles. The number of ether oxygens (including phenoxy) is 2. The molecule has 0 aromatic heterocycles. The summed E-state index contributed by atoms with van der Waals surface area (Å²) in [6, 6.07) is 17.8. The van der Waals surface area contributed by atoms with Crippen molar-refractivity contribution in [3.05, 3.63) is 71.8 Å². The van der Waals surface area contributed by atoms with Gasteiger partial charge in [0, 0.05) is 19.3 Å². The second kappa shape index (κ2) is 9.12. The van der Waals surface area contributed by atoms with Crippen molar-refractivity contribution in [3.63, 3.8) is 0 Å². The summed E-state index contributed by atoms with van der Waals surface area (Å²) < 4.78 is 11.1. The number of benzene rings is 2. The number of carbonyl (C=O) groups excluding carboxylic acids is 3. The molecule has 1 saturated heterocycles. The van der Waals surface area contributed by atoms with Gasteiger partial charge in [0.2, 0.25) is 0 Å². The average Bonchev–Trinajstić information content (AvgIpc) is 2.70. The third-order valence-corrected chi connectivity index (χ3v) is 4.55. The van der Waals surface area contributed by atoms with Gasteiger partial charge in [-0.25, -0.2) is 4.79 Å². The van der Waals surface area contributed by atoms with Crippen LogP contribution in [0.15, 0.2) is 60.7 Å². The van der Waals surface area contributed by atoms with Gasteiger partial charge in [-0.3, -0.25) is 9.59 Å². The molecule has 1 heterocycles. The Labute approximate surface area is 158 Å². The molecule has 0 aliphatic carbocycles. The zero-order valence-electron chi connectivity index (χ0n) is 15.0. The van der Waals surface area contributed by atoms with E-state index in [4.69, 9.17) is 9.47 Å². The maximum absolute atomic E-state index is 12.6. The lowest BCUT2D eigenvalue weighted by Gasteiger charge is -2.25. The molecule has 0 bridgehead atoms. The predicted molar refractivity (Wildman–Crippen MR) is 99.0 cm³/mol. The molecular formula is C22H22O5. The Morgan fingerprint density at radius 2 is 1.52 bits per heavy atom. The highest BCUT2D eigenvalue weighted by molar-refractivity contribution is 5.92. The molecule has 3 rings (SSSR count). The number of rotatable bonds is 3. The normalized spacial score (nSPS) is 21.2. The van der Waals surface area contributed by atoms with Crippen LogP contribution in [0.3, 0.4) is 0 Å². The summed E-state index contributed by atoms with van der Waals surface area (Å²) in [6.45, 7) is 0. The van der Waals surface area contributed by atoms with Gasteiger partial charge < -0.3 is 9.47 Å². The van der Waals surface area contributed by atoms with E-state index in [1.165, 1.54) is 0 Å². The topological polar surface area (TPSA) is 69.7 Å². The van der Waals surface area contributed by atoms with Gasteiger partial charge in [0.05, 0.1) is 5.56 Å². The van der Waals surface area contributed by atoms with Crippen molar-refractivity contribution in [2.45, 2.75) is 44.3 Å². The Kier molecular flexibility index (Phi) is 6.36. The first-order chi connectivity index (χ1) is 13.1. The highest BCUT2D eigenvalue weighted by atomic mass is 16.6. The molecule has 5 nitrogen and oxygen atoms in total. The van der Waals surface area contributed by atoms with Gasteiger partial charge in [0.25, 0.3) is 0 Å². The minimum absolute atomic E-state index is 0.118. The molecule has 2 aromatic rings. The number of ketones is 1. The zero-order chi connectivity index (χ0) is 19.1. The molecule has 1 fully saturated rings. The van der Waals surface area contributed by atoms with Crippen molar-refractivity contribution in [2.24, 2.45) is 0 Å². The lowest BCUT2D eigenvalue weighted by Crippen LogP contribution is -2.31. The van der Waals surface area contributed by atoms with E-state index in [2.05, 4.69) is 0 Å². The third-order valence-electron chi connectivity index (χ3n) is 4.55. The molecule has 5 heteroatoms. The van der Waals surface area contributed by atoms with Crippen LogP contribution in [0.25, 0.3) is 0 Å². The van der Waals surface area contributed by atoms with E-state index in [0.29, 0.717) is 18.4 Å². The van der Waals surface area contributed by atoms with Crippen LogP contribution in [0.5, 0.6) is 0 Å². The molecule has 27 heavy (non-hydrogen) atoms. The summed E-state index contributed by atoms with van der Waals surface area (Å²) in [5.74, 6) is -0.992. The molecule has 0 spiro atoms. The molecule has 140 valence electrons. The number of cyclic esters (lactones) is 1. The summed E-state index contributed by atoms with van der Waals surface area (Å²) in [5, 5.41) is 0. The van der Waals surface area contributed by atoms with Gasteiger partial charge in [0.15, 0.2) is 11.9 Å². The van der Waals surface area contributed by atoms with Crippen LogP contribution < -0.4 is 0 Å². The van der Waals surface area contributed by atoms with Crippen molar-refractivity contribution < 1.29 is 23.9 Å². The first-order valence-electron chi connectivity index (χ1n) is 9.16. The van der Waals surface area contributed by atoms with Crippen LogP contribution in [0.1, 0.15) is 54.1 Å². The number of hydrogen-bond donors (Lipinski definition) is 0. The SMILES string of the molecule is O=C1CCCCC(=O)[C@H](OC(=O)c2ccccc2)C[C@H](c2ccccc2)O1. The summed E-state index contributed by atoms with van der Waals surface area (Å²) in [5.41, 5.74) is 1.16. The number of carbonyl (C=O) groups is 3. The van der Waals surface area contributed by atoms with E-state index in [1.807, 2.05) is 30.3 Å². The molecular weight excluding hydrogens is 344 g/mol. The quantitative estimate of drug-likeness (QED) is 0.767. The molecule has 0 unspecified atom stereocenters. The molecule has 2 atom stereocenters. The van der Waals surface area contributed by atoms with Crippen LogP contribution in [0, 0.1) is 0 Å². The fourth-order valence-corrected chi connectivity index (χ4v) is 3.08. The highest BCUT2D eigenvalue weighted by Crippen LogP contribution is 2.27. The molecule has 1 aliphatic rings. The van der Waals surface area contributed by atoms with Gasteiger partial charge in [-0.1, -0.05) is 48.5 Å². The van der Waals surface area contributed by atoms with Crippen LogP contribution in [0.2, 0.25) is 0 Å². The van der Waals surface area contributed by atoms with Crippen molar-refractivity contribution in [1.29, 1.82) is 0 Å². The van der Waals surface area contributed by atoms with E-state index < -0.39 is 18.2 Å². The van der Waals surface area contributed by atoms with E-state index in [0.717, 1.165) is 5.56 Å². The van der Waals surface area contributed by atoms with Gasteiger partial charge >= 0.3 is 11.9 Å². The number of Topliss-reactive ketones (excluding diaryl/α,β-unsaturated/α-hetero) is 1. The minimum atomic E-state index is -0.950. The largest absolute Gasteiger partial charge is 0.457 e. The number of hydrogen-bond acceptors (Lipinski definition) is 5. The zero-order valence-corrected chi connectivity index (χ0v) is 15.0. The first kappa shape index (κ1) is 18.8.